The second-order valence-electron chi connectivity index (χ2n) is 10.3. The largest absolute Gasteiger partial charge is 0.432 e. The summed E-state index contributed by atoms with van der Waals surface area (Å²) in [7, 11) is 0. The molecule has 0 fully saturated rings. The van der Waals surface area contributed by atoms with Crippen molar-refractivity contribution in [3.8, 4) is 28.0 Å². The summed E-state index contributed by atoms with van der Waals surface area (Å²) >= 11 is 0. The van der Waals surface area contributed by atoms with E-state index in [1.807, 2.05) is 12.1 Å². The van der Waals surface area contributed by atoms with E-state index in [-0.39, 0.29) is 5.56 Å². The van der Waals surface area contributed by atoms with Gasteiger partial charge in [-0.3, -0.25) is 0 Å². The monoisotopic (exact) mass is 576 g/mol. The molecule has 1 nitrogen and oxygen atoms in total. The number of halogens is 8. The third-order valence-corrected chi connectivity index (χ3v) is 7.42. The summed E-state index contributed by atoms with van der Waals surface area (Å²) in [4.78, 5) is 0. The van der Waals surface area contributed by atoms with Crippen LogP contribution in [0.1, 0.15) is 42.0 Å². The molecule has 0 saturated carbocycles. The van der Waals surface area contributed by atoms with Gasteiger partial charge >= 0.3 is 6.11 Å². The maximum Gasteiger partial charge on any atom is 0.432 e. The average Bonchev–Trinajstić information content (AvgIpc) is 3.28. The summed E-state index contributed by atoms with van der Waals surface area (Å²) in [5, 5.41) is 0. The van der Waals surface area contributed by atoms with Crippen LogP contribution in [0.15, 0.2) is 54.6 Å². The van der Waals surface area contributed by atoms with Crippen LogP contribution in [0, 0.1) is 47.7 Å². The number of hydrogen-bond acceptors (Lipinski definition) is 1. The number of hydrogen-bond donors (Lipinski definition) is 0. The number of ether oxygens (including phenoxy) is 1. The smallest absolute Gasteiger partial charge is 0.429 e. The zero-order valence-electron chi connectivity index (χ0n) is 22.0. The van der Waals surface area contributed by atoms with Gasteiger partial charge in [-0.2, -0.15) is 8.78 Å². The molecule has 214 valence electrons. The summed E-state index contributed by atoms with van der Waals surface area (Å²) in [6, 6.07) is 9.15. The summed E-state index contributed by atoms with van der Waals surface area (Å²) in [5.41, 5.74) is -0.758. The van der Waals surface area contributed by atoms with E-state index in [1.165, 1.54) is 5.56 Å². The number of fused-ring (bicyclic) bond motifs is 1. The molecule has 4 aromatic rings. The molecule has 0 bridgehead atoms. The van der Waals surface area contributed by atoms with Crippen molar-refractivity contribution in [3.05, 3.63) is 112 Å². The van der Waals surface area contributed by atoms with Crippen LogP contribution in [0.2, 0.25) is 0 Å². The van der Waals surface area contributed by atoms with Gasteiger partial charge in [-0.25, -0.2) is 26.3 Å². The van der Waals surface area contributed by atoms with Gasteiger partial charge in [0.25, 0.3) is 0 Å². The molecule has 5 rings (SSSR count). The van der Waals surface area contributed by atoms with E-state index in [9.17, 15) is 26.3 Å². The molecule has 9 heteroatoms. The Balaban J connectivity index is 1.45. The normalized spacial score (nSPS) is 14.8. The molecule has 1 aliphatic carbocycles. The van der Waals surface area contributed by atoms with E-state index >= 15 is 8.78 Å². The van der Waals surface area contributed by atoms with Gasteiger partial charge in [0.2, 0.25) is 0 Å². The molecule has 0 N–H and O–H groups in total. The maximum atomic E-state index is 15.2. The highest BCUT2D eigenvalue weighted by Crippen LogP contribution is 2.40. The van der Waals surface area contributed by atoms with Crippen molar-refractivity contribution in [1.82, 2.24) is 0 Å². The van der Waals surface area contributed by atoms with Gasteiger partial charge < -0.3 is 4.74 Å². The van der Waals surface area contributed by atoms with Crippen LogP contribution in [0.3, 0.4) is 0 Å². The van der Waals surface area contributed by atoms with Gasteiger partial charge in [-0.1, -0.05) is 38.0 Å². The molecule has 1 aliphatic rings. The van der Waals surface area contributed by atoms with Crippen LogP contribution in [-0.4, -0.2) is 0 Å². The van der Waals surface area contributed by atoms with E-state index < -0.39 is 69.0 Å². The van der Waals surface area contributed by atoms with Crippen molar-refractivity contribution in [2.75, 3.05) is 0 Å². The van der Waals surface area contributed by atoms with Crippen molar-refractivity contribution < 1.29 is 39.9 Å². The third kappa shape index (κ3) is 5.54. The maximum absolute atomic E-state index is 15.2. The molecule has 0 aliphatic heterocycles. The number of benzene rings is 4. The molecule has 1 atom stereocenters. The Morgan fingerprint density at radius 3 is 1.83 bits per heavy atom. The van der Waals surface area contributed by atoms with Crippen molar-refractivity contribution >= 4 is 0 Å². The lowest BCUT2D eigenvalue weighted by Gasteiger charge is -2.20. The van der Waals surface area contributed by atoms with Gasteiger partial charge in [0.1, 0.15) is 46.2 Å². The molecule has 0 radical (unpaired) electrons. The lowest BCUT2D eigenvalue weighted by molar-refractivity contribution is -0.189. The summed E-state index contributed by atoms with van der Waals surface area (Å²) in [6.45, 7) is 3.17. The summed E-state index contributed by atoms with van der Waals surface area (Å²) in [5.74, 6) is -8.95. The second kappa shape index (κ2) is 10.8. The zero-order chi connectivity index (χ0) is 29.6. The molecule has 0 saturated heterocycles. The fourth-order valence-electron chi connectivity index (χ4n) is 5.39. The molecule has 4 aromatic carbocycles. The van der Waals surface area contributed by atoms with Gasteiger partial charge in [0.15, 0.2) is 0 Å². The van der Waals surface area contributed by atoms with E-state index in [0.29, 0.717) is 35.7 Å². The van der Waals surface area contributed by atoms with E-state index in [1.54, 1.807) is 6.07 Å². The molecular formula is C32H24F8O. The first-order chi connectivity index (χ1) is 19.4. The first-order valence-electron chi connectivity index (χ1n) is 13.0. The average molecular weight is 577 g/mol. The molecular weight excluding hydrogens is 552 g/mol. The van der Waals surface area contributed by atoms with Crippen LogP contribution in [0.25, 0.3) is 22.3 Å². The standard InChI is InChI=1S/C32H24F8O/c1-3-4-17-7-18-5-6-19(9-20(18)8-17)21-10-26(35)30(27(36)11-21)22-12-28(37)31(29(38)13-22)32(39,40)41-23-14-24(33)16(2)25(34)15-23/h5-6,9-15,17H,3-4,7-8H2,1-2H3. The highest BCUT2D eigenvalue weighted by atomic mass is 19.3. The van der Waals surface area contributed by atoms with Crippen molar-refractivity contribution in [3.63, 3.8) is 0 Å². The third-order valence-electron chi connectivity index (χ3n) is 7.42. The van der Waals surface area contributed by atoms with Crippen molar-refractivity contribution in [1.29, 1.82) is 0 Å². The van der Waals surface area contributed by atoms with Crippen LogP contribution < -0.4 is 4.74 Å². The Bertz CT molecular complexity index is 1580. The van der Waals surface area contributed by atoms with E-state index in [4.69, 9.17) is 0 Å². The highest BCUT2D eigenvalue weighted by Gasteiger charge is 2.41. The Morgan fingerprint density at radius 1 is 0.683 bits per heavy atom. The first kappa shape index (κ1) is 28.6. The Labute approximate surface area is 231 Å². The van der Waals surface area contributed by atoms with E-state index in [0.717, 1.165) is 50.3 Å². The predicted octanol–water partition coefficient (Wildman–Crippen LogP) is 9.81. The van der Waals surface area contributed by atoms with Crippen LogP contribution in [-0.2, 0) is 19.0 Å². The number of rotatable bonds is 7. The van der Waals surface area contributed by atoms with Gasteiger partial charge in [-0.15, -0.1) is 0 Å². The highest BCUT2D eigenvalue weighted by molar-refractivity contribution is 5.73. The van der Waals surface area contributed by atoms with Crippen LogP contribution in [0.5, 0.6) is 5.75 Å². The van der Waals surface area contributed by atoms with Crippen LogP contribution in [0.4, 0.5) is 35.1 Å². The van der Waals surface area contributed by atoms with Gasteiger partial charge in [0.05, 0.1) is 5.56 Å². The first-order valence-corrected chi connectivity index (χ1v) is 13.0. The molecule has 0 heterocycles. The topological polar surface area (TPSA) is 9.23 Å². The molecule has 41 heavy (non-hydrogen) atoms. The fourth-order valence-corrected chi connectivity index (χ4v) is 5.39. The molecule has 0 amide bonds. The van der Waals surface area contributed by atoms with Gasteiger partial charge in [-0.05, 0) is 77.8 Å². The zero-order valence-corrected chi connectivity index (χ0v) is 22.0. The SMILES string of the molecule is CCCC1Cc2ccc(-c3cc(F)c(-c4cc(F)c(C(F)(F)Oc5cc(F)c(C)c(F)c5)c(F)c4)c(F)c3)cc2C1. The minimum absolute atomic E-state index is 0.209. The Morgan fingerprint density at radius 2 is 1.24 bits per heavy atom. The lowest BCUT2D eigenvalue weighted by atomic mass is 9.96. The summed E-state index contributed by atoms with van der Waals surface area (Å²) < 4.78 is 121. The minimum atomic E-state index is -4.72. The lowest BCUT2D eigenvalue weighted by Crippen LogP contribution is -2.25. The molecule has 1 unspecified atom stereocenters. The minimum Gasteiger partial charge on any atom is -0.429 e. The number of alkyl halides is 2. The van der Waals surface area contributed by atoms with Crippen molar-refractivity contribution in [2.45, 2.75) is 45.6 Å². The van der Waals surface area contributed by atoms with Gasteiger partial charge in [0, 0.05) is 17.7 Å². The van der Waals surface area contributed by atoms with Crippen molar-refractivity contribution in [2.24, 2.45) is 5.92 Å². The van der Waals surface area contributed by atoms with E-state index in [2.05, 4.69) is 11.7 Å². The Kier molecular flexibility index (Phi) is 7.57. The molecule has 0 spiro atoms. The second-order valence-corrected chi connectivity index (χ2v) is 10.3. The Hall–Kier alpha value is -3.88. The molecule has 0 aromatic heterocycles. The fraction of sp³-hybridized carbons (Fsp3) is 0.250. The quantitative estimate of drug-likeness (QED) is 0.199. The predicted molar refractivity (Wildman–Crippen MR) is 139 cm³/mol. The van der Waals surface area contributed by atoms with Crippen LogP contribution >= 0.6 is 0 Å². The summed E-state index contributed by atoms with van der Waals surface area (Å²) in [6.07, 6.45) is -0.766.